The zero-order chi connectivity index (χ0) is 18.4. The third kappa shape index (κ3) is 5.86. The van der Waals surface area contributed by atoms with E-state index in [9.17, 15) is 9.59 Å². The van der Waals surface area contributed by atoms with Gasteiger partial charge in [-0.2, -0.15) is 0 Å². The fraction of sp³-hybridized carbons (Fsp3) is 0.389. The molecule has 1 N–H and O–H groups in total. The number of rotatable bonds is 6. The van der Waals surface area contributed by atoms with Crippen LogP contribution in [0.25, 0.3) is 11.3 Å². The van der Waals surface area contributed by atoms with Crippen LogP contribution < -0.4 is 4.90 Å². The molecule has 1 amide bonds. The maximum Gasteiger partial charge on any atom is 0.416 e. The summed E-state index contributed by atoms with van der Waals surface area (Å²) in [7, 11) is 0. The average molecular weight is 362 g/mol. The number of nitrogens with zero attached hydrogens (tertiary/aromatic N) is 2. The number of aromatic nitrogens is 1. The van der Waals surface area contributed by atoms with Crippen molar-refractivity contribution in [3.63, 3.8) is 0 Å². The Balaban J connectivity index is 2.20. The molecule has 134 valence electrons. The molecule has 1 heterocycles. The minimum Gasteiger partial charge on any atom is -0.481 e. The minimum absolute atomic E-state index is 0.0176. The summed E-state index contributed by atoms with van der Waals surface area (Å²) in [5, 5.41) is 11.2. The van der Waals surface area contributed by atoms with Crippen LogP contribution in [-0.2, 0) is 9.53 Å². The van der Waals surface area contributed by atoms with E-state index in [0.717, 1.165) is 11.3 Å². The Bertz CT molecular complexity index is 722. The van der Waals surface area contributed by atoms with E-state index in [0.29, 0.717) is 11.6 Å². The largest absolute Gasteiger partial charge is 0.481 e. The first-order chi connectivity index (χ1) is 11.8. The molecular formula is C18H22N2O4S. The van der Waals surface area contributed by atoms with Gasteiger partial charge in [0.15, 0.2) is 5.13 Å². The number of carbonyl (C=O) groups is 2. The topological polar surface area (TPSA) is 79.7 Å². The summed E-state index contributed by atoms with van der Waals surface area (Å²) < 4.78 is 5.43. The first kappa shape index (κ1) is 18.9. The summed E-state index contributed by atoms with van der Waals surface area (Å²) in [5.74, 6) is -0.895. The quantitative estimate of drug-likeness (QED) is 0.823. The average Bonchev–Trinajstić information content (AvgIpc) is 3.00. The summed E-state index contributed by atoms with van der Waals surface area (Å²) in [4.78, 5) is 29.2. The number of anilines is 1. The number of amides is 1. The standard InChI is InChI=1S/C18H22N2O4S/c1-18(2,3)24-17(23)20(11-7-10-15(21)22)16-19-14(12-25-16)13-8-5-4-6-9-13/h4-6,8-9,12H,7,10-11H2,1-3H3,(H,21,22). The van der Waals surface area contributed by atoms with Gasteiger partial charge in [0.2, 0.25) is 0 Å². The van der Waals surface area contributed by atoms with Crippen LogP contribution in [0.15, 0.2) is 35.7 Å². The van der Waals surface area contributed by atoms with Crippen LogP contribution in [0.3, 0.4) is 0 Å². The van der Waals surface area contributed by atoms with Crippen molar-refractivity contribution in [3.05, 3.63) is 35.7 Å². The molecule has 0 atom stereocenters. The summed E-state index contributed by atoms with van der Waals surface area (Å²) in [6.07, 6.45) is -0.211. The molecule has 0 saturated heterocycles. The molecule has 0 unspecified atom stereocenters. The second-order valence-corrected chi connectivity index (χ2v) is 7.35. The lowest BCUT2D eigenvalue weighted by Crippen LogP contribution is -2.37. The lowest BCUT2D eigenvalue weighted by molar-refractivity contribution is -0.137. The van der Waals surface area contributed by atoms with Crippen LogP contribution >= 0.6 is 11.3 Å². The van der Waals surface area contributed by atoms with Gasteiger partial charge in [-0.25, -0.2) is 9.78 Å². The van der Waals surface area contributed by atoms with E-state index in [1.165, 1.54) is 16.2 Å². The van der Waals surface area contributed by atoms with Crippen molar-refractivity contribution in [1.82, 2.24) is 4.98 Å². The molecule has 6 nitrogen and oxygen atoms in total. The molecule has 2 rings (SSSR count). The molecule has 0 radical (unpaired) electrons. The molecule has 7 heteroatoms. The van der Waals surface area contributed by atoms with Crippen molar-refractivity contribution < 1.29 is 19.4 Å². The van der Waals surface area contributed by atoms with Gasteiger partial charge < -0.3 is 9.84 Å². The Morgan fingerprint density at radius 1 is 1.24 bits per heavy atom. The van der Waals surface area contributed by atoms with Crippen LogP contribution in [0.4, 0.5) is 9.93 Å². The van der Waals surface area contributed by atoms with Gasteiger partial charge in [0.1, 0.15) is 5.60 Å². The van der Waals surface area contributed by atoms with Crippen molar-refractivity contribution in [1.29, 1.82) is 0 Å². The maximum atomic E-state index is 12.5. The number of carboxylic acid groups (broad SMARTS) is 1. The maximum absolute atomic E-state index is 12.5. The Labute approximate surface area is 151 Å². The van der Waals surface area contributed by atoms with Crippen LogP contribution in [-0.4, -0.2) is 34.3 Å². The SMILES string of the molecule is CC(C)(C)OC(=O)N(CCCC(=O)O)c1nc(-c2ccccc2)cs1. The first-order valence-electron chi connectivity index (χ1n) is 7.99. The summed E-state index contributed by atoms with van der Waals surface area (Å²) >= 11 is 1.33. The number of thiazole rings is 1. The fourth-order valence-electron chi connectivity index (χ4n) is 2.10. The molecule has 0 spiro atoms. The highest BCUT2D eigenvalue weighted by Gasteiger charge is 2.25. The highest BCUT2D eigenvalue weighted by atomic mass is 32.1. The number of hydrogen-bond acceptors (Lipinski definition) is 5. The number of carboxylic acids is 1. The van der Waals surface area contributed by atoms with Gasteiger partial charge in [-0.15, -0.1) is 11.3 Å². The van der Waals surface area contributed by atoms with Gasteiger partial charge in [-0.1, -0.05) is 30.3 Å². The molecule has 25 heavy (non-hydrogen) atoms. The number of carbonyl (C=O) groups excluding carboxylic acids is 1. The third-order valence-electron chi connectivity index (χ3n) is 3.18. The lowest BCUT2D eigenvalue weighted by atomic mass is 10.2. The van der Waals surface area contributed by atoms with Crippen molar-refractivity contribution in [3.8, 4) is 11.3 Å². The van der Waals surface area contributed by atoms with Gasteiger partial charge >= 0.3 is 12.1 Å². The van der Waals surface area contributed by atoms with E-state index in [-0.39, 0.29) is 13.0 Å². The highest BCUT2D eigenvalue weighted by molar-refractivity contribution is 7.14. The summed E-state index contributed by atoms with van der Waals surface area (Å²) in [5.41, 5.74) is 1.09. The lowest BCUT2D eigenvalue weighted by Gasteiger charge is -2.25. The second kappa shape index (κ2) is 8.11. The zero-order valence-electron chi connectivity index (χ0n) is 14.6. The Kier molecular flexibility index (Phi) is 6.14. The normalized spacial score (nSPS) is 11.2. The van der Waals surface area contributed by atoms with Crippen molar-refractivity contribution in [2.45, 2.75) is 39.2 Å². The van der Waals surface area contributed by atoms with Crippen LogP contribution in [0.1, 0.15) is 33.6 Å². The fourth-order valence-corrected chi connectivity index (χ4v) is 2.95. The minimum atomic E-state index is -0.895. The van der Waals surface area contributed by atoms with Gasteiger partial charge in [0.25, 0.3) is 0 Å². The molecular weight excluding hydrogens is 340 g/mol. The summed E-state index contributed by atoms with van der Waals surface area (Å²) in [6, 6.07) is 9.66. The predicted octanol–water partition coefficient (Wildman–Crippen LogP) is 4.42. The molecule has 1 aromatic carbocycles. The molecule has 0 aliphatic heterocycles. The number of hydrogen-bond donors (Lipinski definition) is 1. The summed E-state index contributed by atoms with van der Waals surface area (Å²) in [6.45, 7) is 5.61. The van der Waals surface area contributed by atoms with E-state index in [1.807, 2.05) is 35.7 Å². The number of ether oxygens (including phenoxy) is 1. The second-order valence-electron chi connectivity index (χ2n) is 6.51. The van der Waals surface area contributed by atoms with Crippen molar-refractivity contribution in [2.75, 3.05) is 11.4 Å². The van der Waals surface area contributed by atoms with E-state index >= 15 is 0 Å². The smallest absolute Gasteiger partial charge is 0.416 e. The van der Waals surface area contributed by atoms with Gasteiger partial charge in [0, 0.05) is 23.9 Å². The highest BCUT2D eigenvalue weighted by Crippen LogP contribution is 2.28. The van der Waals surface area contributed by atoms with Gasteiger partial charge in [0.05, 0.1) is 5.69 Å². The Hall–Kier alpha value is -2.41. The first-order valence-corrected chi connectivity index (χ1v) is 8.87. The number of benzene rings is 1. The monoisotopic (exact) mass is 362 g/mol. The molecule has 0 saturated carbocycles. The van der Waals surface area contributed by atoms with Gasteiger partial charge in [-0.05, 0) is 27.2 Å². The molecule has 1 aromatic heterocycles. The zero-order valence-corrected chi connectivity index (χ0v) is 15.4. The Morgan fingerprint density at radius 3 is 2.52 bits per heavy atom. The van der Waals surface area contributed by atoms with E-state index < -0.39 is 17.7 Å². The predicted molar refractivity (Wildman–Crippen MR) is 98.0 cm³/mol. The molecule has 2 aromatic rings. The molecule has 0 aliphatic carbocycles. The third-order valence-corrected chi connectivity index (χ3v) is 4.04. The number of aliphatic carboxylic acids is 1. The van der Waals surface area contributed by atoms with E-state index in [1.54, 1.807) is 20.8 Å². The van der Waals surface area contributed by atoms with Crippen molar-refractivity contribution in [2.24, 2.45) is 0 Å². The van der Waals surface area contributed by atoms with Crippen LogP contribution in [0.2, 0.25) is 0 Å². The Morgan fingerprint density at radius 2 is 1.92 bits per heavy atom. The van der Waals surface area contributed by atoms with Crippen LogP contribution in [0.5, 0.6) is 0 Å². The molecule has 0 aliphatic rings. The van der Waals surface area contributed by atoms with Crippen molar-refractivity contribution >= 4 is 28.5 Å². The van der Waals surface area contributed by atoms with Crippen LogP contribution in [0, 0.1) is 0 Å². The molecule has 0 fully saturated rings. The molecule has 0 bridgehead atoms. The van der Waals surface area contributed by atoms with E-state index in [2.05, 4.69) is 4.98 Å². The van der Waals surface area contributed by atoms with E-state index in [4.69, 9.17) is 9.84 Å². The van der Waals surface area contributed by atoms with Gasteiger partial charge in [-0.3, -0.25) is 9.69 Å².